The highest BCUT2D eigenvalue weighted by atomic mass is 32.2. The van der Waals surface area contributed by atoms with Crippen molar-refractivity contribution in [3.05, 3.63) is 89.5 Å². The highest BCUT2D eigenvalue weighted by Crippen LogP contribution is 2.43. The Morgan fingerprint density at radius 1 is 1.03 bits per heavy atom. The van der Waals surface area contributed by atoms with Crippen molar-refractivity contribution in [3.8, 4) is 11.5 Å². The first kappa shape index (κ1) is 23.3. The number of carbonyl (C=O) groups is 1. The Labute approximate surface area is 198 Å². The van der Waals surface area contributed by atoms with Crippen LogP contribution in [0.1, 0.15) is 35.6 Å². The van der Waals surface area contributed by atoms with Gasteiger partial charge >= 0.3 is 6.03 Å². The molecule has 3 aromatic carbocycles. The first-order valence-corrected chi connectivity index (χ1v) is 12.6. The van der Waals surface area contributed by atoms with E-state index in [-0.39, 0.29) is 29.7 Å². The van der Waals surface area contributed by atoms with Gasteiger partial charge in [-0.15, -0.1) is 0 Å². The van der Waals surface area contributed by atoms with Crippen molar-refractivity contribution in [1.82, 2.24) is 5.32 Å². The standard InChI is InChI=1S/C25H25N3O5S/c1-3-33-20-15-18(14-19(24(20)29)28-34(2,31)32)23-21(16-10-6-4-7-11-16)22(26-25(30)27-23)17-12-8-5-9-13-17/h4-15,21,23,28-29H,3H2,1-2H3,(H,27,30). The highest BCUT2D eigenvalue weighted by molar-refractivity contribution is 7.92. The Balaban J connectivity index is 1.91. The van der Waals surface area contributed by atoms with Gasteiger partial charge in [0.25, 0.3) is 0 Å². The number of carbonyl (C=O) groups excluding carboxylic acids is 1. The normalized spacial score (nSPS) is 18.1. The average Bonchev–Trinajstić information content (AvgIpc) is 2.81. The number of phenolic OH excluding ortho intramolecular Hbond substituents is 1. The number of hydrogen-bond acceptors (Lipinski definition) is 5. The number of benzene rings is 3. The summed E-state index contributed by atoms with van der Waals surface area (Å²) in [5.41, 5.74) is 2.82. The minimum Gasteiger partial charge on any atom is -0.503 e. The van der Waals surface area contributed by atoms with E-state index < -0.39 is 22.1 Å². The second-order valence-electron chi connectivity index (χ2n) is 7.90. The van der Waals surface area contributed by atoms with Crippen LogP contribution in [0, 0.1) is 0 Å². The van der Waals surface area contributed by atoms with Crippen molar-refractivity contribution < 1.29 is 23.1 Å². The number of anilines is 1. The molecule has 0 bridgehead atoms. The second-order valence-corrected chi connectivity index (χ2v) is 9.65. The van der Waals surface area contributed by atoms with E-state index in [1.807, 2.05) is 60.7 Å². The summed E-state index contributed by atoms with van der Waals surface area (Å²) in [6, 6.07) is 21.0. The van der Waals surface area contributed by atoms with Gasteiger partial charge in [0.2, 0.25) is 10.0 Å². The fraction of sp³-hybridized carbons (Fsp3) is 0.200. The number of phenols is 1. The fourth-order valence-electron chi connectivity index (χ4n) is 4.08. The van der Waals surface area contributed by atoms with Gasteiger partial charge in [-0.3, -0.25) is 4.72 Å². The number of hydrogen-bond donors (Lipinski definition) is 3. The largest absolute Gasteiger partial charge is 0.503 e. The summed E-state index contributed by atoms with van der Waals surface area (Å²) in [5, 5.41) is 13.5. The molecule has 0 spiro atoms. The maximum atomic E-state index is 12.7. The molecule has 8 nitrogen and oxygen atoms in total. The lowest BCUT2D eigenvalue weighted by Gasteiger charge is -2.33. The number of aliphatic imine (C=N–C) groups is 1. The van der Waals surface area contributed by atoms with E-state index in [0.29, 0.717) is 11.3 Å². The average molecular weight is 480 g/mol. The smallest absolute Gasteiger partial charge is 0.341 e. The van der Waals surface area contributed by atoms with Crippen molar-refractivity contribution in [2.45, 2.75) is 18.9 Å². The van der Waals surface area contributed by atoms with Crippen LogP contribution >= 0.6 is 0 Å². The summed E-state index contributed by atoms with van der Waals surface area (Å²) in [6.07, 6.45) is 0.995. The van der Waals surface area contributed by atoms with Crippen LogP contribution in [0.3, 0.4) is 0 Å². The summed E-state index contributed by atoms with van der Waals surface area (Å²) >= 11 is 0. The molecule has 2 unspecified atom stereocenters. The van der Waals surface area contributed by atoms with Crippen LogP contribution in [0.2, 0.25) is 0 Å². The van der Waals surface area contributed by atoms with E-state index in [9.17, 15) is 18.3 Å². The van der Waals surface area contributed by atoms with Gasteiger partial charge in [0, 0.05) is 0 Å². The third-order valence-corrected chi connectivity index (χ3v) is 6.00. The lowest BCUT2D eigenvalue weighted by atomic mass is 9.80. The molecule has 3 N–H and O–H groups in total. The van der Waals surface area contributed by atoms with E-state index in [1.54, 1.807) is 13.0 Å². The fourth-order valence-corrected chi connectivity index (χ4v) is 4.63. The molecule has 4 rings (SSSR count). The van der Waals surface area contributed by atoms with Crippen LogP contribution in [-0.4, -0.2) is 38.1 Å². The van der Waals surface area contributed by atoms with Gasteiger partial charge in [0.15, 0.2) is 11.5 Å². The Morgan fingerprint density at radius 2 is 1.68 bits per heavy atom. The molecule has 0 aliphatic carbocycles. The van der Waals surface area contributed by atoms with Crippen LogP contribution in [0.4, 0.5) is 10.5 Å². The maximum absolute atomic E-state index is 12.7. The molecule has 0 fully saturated rings. The van der Waals surface area contributed by atoms with Crippen molar-refractivity contribution in [3.63, 3.8) is 0 Å². The molecule has 9 heteroatoms. The van der Waals surface area contributed by atoms with Gasteiger partial charge < -0.3 is 15.2 Å². The summed E-state index contributed by atoms with van der Waals surface area (Å²) in [6.45, 7) is 2.01. The second kappa shape index (κ2) is 9.56. The summed E-state index contributed by atoms with van der Waals surface area (Å²) in [4.78, 5) is 17.0. The van der Waals surface area contributed by atoms with Crippen LogP contribution in [0.15, 0.2) is 77.8 Å². The van der Waals surface area contributed by atoms with Gasteiger partial charge in [-0.2, -0.15) is 4.99 Å². The Kier molecular flexibility index (Phi) is 6.56. The summed E-state index contributed by atoms with van der Waals surface area (Å²) < 4.78 is 31.8. The monoisotopic (exact) mass is 479 g/mol. The summed E-state index contributed by atoms with van der Waals surface area (Å²) in [5.74, 6) is -0.603. The van der Waals surface area contributed by atoms with E-state index in [0.717, 1.165) is 17.4 Å². The zero-order valence-corrected chi connectivity index (χ0v) is 19.5. The van der Waals surface area contributed by atoms with Gasteiger partial charge in [0.05, 0.1) is 36.2 Å². The third kappa shape index (κ3) is 5.04. The predicted octanol–water partition coefficient (Wildman–Crippen LogP) is 4.20. The molecular weight excluding hydrogens is 454 g/mol. The first-order chi connectivity index (χ1) is 16.3. The molecule has 176 valence electrons. The minimum atomic E-state index is -3.69. The number of rotatable bonds is 7. The Morgan fingerprint density at radius 3 is 2.29 bits per heavy atom. The maximum Gasteiger partial charge on any atom is 0.341 e. The third-order valence-electron chi connectivity index (χ3n) is 5.41. The first-order valence-electron chi connectivity index (χ1n) is 10.7. The SMILES string of the molecule is CCOc1cc(C2NC(=O)N=C(c3ccccc3)C2c2ccccc2)cc(NS(C)(=O)=O)c1O. The van der Waals surface area contributed by atoms with E-state index in [1.165, 1.54) is 6.07 Å². The van der Waals surface area contributed by atoms with Crippen molar-refractivity contribution >= 4 is 27.5 Å². The number of nitrogens with zero attached hydrogens (tertiary/aromatic N) is 1. The van der Waals surface area contributed by atoms with Crippen molar-refractivity contribution in [2.24, 2.45) is 4.99 Å². The van der Waals surface area contributed by atoms with E-state index in [2.05, 4.69) is 15.0 Å². The minimum absolute atomic E-state index is 0.0340. The van der Waals surface area contributed by atoms with Crippen LogP contribution in [0.25, 0.3) is 0 Å². The highest BCUT2D eigenvalue weighted by Gasteiger charge is 2.36. The van der Waals surface area contributed by atoms with Gasteiger partial charge in [-0.05, 0) is 35.7 Å². The molecule has 2 atom stereocenters. The van der Waals surface area contributed by atoms with Crippen LogP contribution < -0.4 is 14.8 Å². The van der Waals surface area contributed by atoms with Crippen LogP contribution in [-0.2, 0) is 10.0 Å². The molecule has 1 heterocycles. The Bertz CT molecular complexity index is 1330. The van der Waals surface area contributed by atoms with Gasteiger partial charge in [-0.25, -0.2) is 13.2 Å². The molecule has 3 aromatic rings. The van der Waals surface area contributed by atoms with Crippen molar-refractivity contribution in [2.75, 3.05) is 17.6 Å². The van der Waals surface area contributed by atoms with E-state index >= 15 is 0 Å². The zero-order valence-electron chi connectivity index (χ0n) is 18.7. The zero-order chi connectivity index (χ0) is 24.3. The number of amides is 2. The van der Waals surface area contributed by atoms with Gasteiger partial charge in [0.1, 0.15) is 0 Å². The Hall–Kier alpha value is -3.85. The molecular formula is C25H25N3O5S. The molecule has 2 amide bonds. The topological polar surface area (TPSA) is 117 Å². The quantitative estimate of drug-likeness (QED) is 0.439. The molecule has 1 aliphatic rings. The lowest BCUT2D eigenvalue weighted by Crippen LogP contribution is -2.40. The molecule has 0 saturated heterocycles. The number of nitrogens with one attached hydrogen (secondary N) is 2. The predicted molar refractivity (Wildman–Crippen MR) is 131 cm³/mol. The molecule has 0 saturated carbocycles. The summed E-state index contributed by atoms with van der Waals surface area (Å²) in [7, 11) is -3.69. The lowest BCUT2D eigenvalue weighted by molar-refractivity contribution is 0.243. The van der Waals surface area contributed by atoms with Crippen molar-refractivity contribution in [1.29, 1.82) is 0 Å². The molecule has 0 radical (unpaired) electrons. The molecule has 0 aromatic heterocycles. The number of ether oxygens (including phenoxy) is 1. The number of aromatic hydroxyl groups is 1. The van der Waals surface area contributed by atoms with Gasteiger partial charge in [-0.1, -0.05) is 60.7 Å². The van der Waals surface area contributed by atoms with Crippen LogP contribution in [0.5, 0.6) is 11.5 Å². The molecule has 34 heavy (non-hydrogen) atoms. The van der Waals surface area contributed by atoms with E-state index in [4.69, 9.17) is 4.74 Å². The number of urea groups is 1. The number of sulfonamides is 1. The molecule has 1 aliphatic heterocycles.